The quantitative estimate of drug-likeness (QED) is 0.760. The van der Waals surface area contributed by atoms with Crippen LogP contribution in [0.25, 0.3) is 0 Å². The third kappa shape index (κ3) is 3.29. The van der Waals surface area contributed by atoms with Crippen LogP contribution in [0.5, 0.6) is 0 Å². The van der Waals surface area contributed by atoms with Crippen molar-refractivity contribution in [3.05, 3.63) is 17.4 Å². The molecule has 0 aliphatic rings. The van der Waals surface area contributed by atoms with Crippen molar-refractivity contribution in [3.63, 3.8) is 0 Å². The predicted molar refractivity (Wildman–Crippen MR) is 48.2 cm³/mol. The summed E-state index contributed by atoms with van der Waals surface area (Å²) in [5, 5.41) is 2.21. The lowest BCUT2D eigenvalue weighted by Crippen LogP contribution is -2.21. The highest BCUT2D eigenvalue weighted by molar-refractivity contribution is 6.29. The van der Waals surface area contributed by atoms with Crippen molar-refractivity contribution >= 4 is 23.0 Å². The Bertz CT molecular complexity index is 326. The molecule has 0 radical (unpaired) electrons. The molecule has 3 N–H and O–H groups in total. The summed E-state index contributed by atoms with van der Waals surface area (Å²) < 4.78 is 35.5. The van der Waals surface area contributed by atoms with Crippen molar-refractivity contribution in [1.29, 1.82) is 0 Å². The maximum atomic E-state index is 11.8. The van der Waals surface area contributed by atoms with E-state index in [4.69, 9.17) is 17.3 Å². The van der Waals surface area contributed by atoms with Crippen LogP contribution in [0.1, 0.15) is 0 Å². The third-order valence-corrected chi connectivity index (χ3v) is 1.59. The molecule has 78 valence electrons. The van der Waals surface area contributed by atoms with Gasteiger partial charge in [-0.05, 0) is 0 Å². The van der Waals surface area contributed by atoms with Gasteiger partial charge in [0.15, 0.2) is 0 Å². The standard InChI is InChI=1S/C7H7ClF3N3/c8-6-1-5(4(12)2-13-6)14-3-7(9,10)11/h1-2H,3,12H2,(H,13,14). The number of nitrogens with one attached hydrogen (secondary N) is 1. The summed E-state index contributed by atoms with van der Waals surface area (Å²) in [6, 6.07) is 1.24. The number of anilines is 2. The first kappa shape index (κ1) is 10.9. The van der Waals surface area contributed by atoms with E-state index in [-0.39, 0.29) is 16.5 Å². The largest absolute Gasteiger partial charge is 0.405 e. The third-order valence-electron chi connectivity index (χ3n) is 1.38. The Morgan fingerprint density at radius 1 is 1.50 bits per heavy atom. The number of nitrogens with zero attached hydrogens (tertiary/aromatic N) is 1. The molecular formula is C7H7ClF3N3. The molecular weight excluding hydrogens is 219 g/mol. The number of rotatable bonds is 2. The summed E-state index contributed by atoms with van der Waals surface area (Å²) in [6.07, 6.45) is -3.09. The highest BCUT2D eigenvalue weighted by Crippen LogP contribution is 2.22. The van der Waals surface area contributed by atoms with Crippen molar-refractivity contribution in [2.75, 3.05) is 17.6 Å². The minimum absolute atomic E-state index is 0.0869. The van der Waals surface area contributed by atoms with E-state index in [0.717, 1.165) is 0 Å². The first-order valence-corrected chi connectivity index (χ1v) is 3.98. The fourth-order valence-electron chi connectivity index (χ4n) is 0.789. The molecule has 0 bridgehead atoms. The molecule has 0 unspecified atom stereocenters. The molecule has 3 nitrogen and oxygen atoms in total. The lowest BCUT2D eigenvalue weighted by atomic mass is 10.3. The Morgan fingerprint density at radius 3 is 2.71 bits per heavy atom. The van der Waals surface area contributed by atoms with Crippen LogP contribution < -0.4 is 11.1 Å². The zero-order valence-corrected chi connectivity index (χ0v) is 7.65. The normalized spacial score (nSPS) is 11.4. The highest BCUT2D eigenvalue weighted by atomic mass is 35.5. The minimum Gasteiger partial charge on any atom is -0.396 e. The first-order chi connectivity index (χ1) is 6.38. The zero-order chi connectivity index (χ0) is 10.8. The molecule has 0 amide bonds. The zero-order valence-electron chi connectivity index (χ0n) is 6.90. The summed E-state index contributed by atoms with van der Waals surface area (Å²) in [4.78, 5) is 3.60. The van der Waals surface area contributed by atoms with Gasteiger partial charge in [0.05, 0.1) is 17.6 Å². The summed E-state index contributed by atoms with van der Waals surface area (Å²) in [6.45, 7) is -1.16. The van der Waals surface area contributed by atoms with Crippen molar-refractivity contribution in [1.82, 2.24) is 4.98 Å². The maximum Gasteiger partial charge on any atom is 0.405 e. The molecule has 1 aromatic rings. The van der Waals surface area contributed by atoms with Crippen LogP contribution in [0.2, 0.25) is 5.15 Å². The van der Waals surface area contributed by atoms with Crippen molar-refractivity contribution < 1.29 is 13.2 Å². The van der Waals surface area contributed by atoms with Gasteiger partial charge < -0.3 is 11.1 Å². The highest BCUT2D eigenvalue weighted by Gasteiger charge is 2.26. The average Bonchev–Trinajstić information content (AvgIpc) is 2.05. The second-order valence-electron chi connectivity index (χ2n) is 2.56. The molecule has 1 aromatic heterocycles. The maximum absolute atomic E-state index is 11.8. The van der Waals surface area contributed by atoms with Crippen LogP contribution in [0.15, 0.2) is 12.3 Å². The molecule has 0 saturated heterocycles. The lowest BCUT2D eigenvalue weighted by molar-refractivity contribution is -0.115. The van der Waals surface area contributed by atoms with Gasteiger partial charge in [-0.2, -0.15) is 13.2 Å². The predicted octanol–water partition coefficient (Wildman–Crippen LogP) is 2.29. The van der Waals surface area contributed by atoms with Gasteiger partial charge in [0, 0.05) is 6.07 Å². The Hall–Kier alpha value is -1.17. The van der Waals surface area contributed by atoms with E-state index >= 15 is 0 Å². The summed E-state index contributed by atoms with van der Waals surface area (Å²) in [5.41, 5.74) is 5.62. The molecule has 0 saturated carbocycles. The molecule has 0 fully saturated rings. The van der Waals surface area contributed by atoms with Crippen molar-refractivity contribution in [3.8, 4) is 0 Å². The minimum atomic E-state index is -4.29. The Kier molecular flexibility index (Phi) is 3.05. The number of aromatic nitrogens is 1. The van der Waals surface area contributed by atoms with Gasteiger partial charge in [-0.1, -0.05) is 11.6 Å². The number of alkyl halides is 3. The average molecular weight is 226 g/mol. The van der Waals surface area contributed by atoms with E-state index in [1.165, 1.54) is 12.3 Å². The van der Waals surface area contributed by atoms with Crippen LogP contribution in [0.4, 0.5) is 24.5 Å². The summed E-state index contributed by atoms with van der Waals surface area (Å²) in [7, 11) is 0. The second-order valence-corrected chi connectivity index (χ2v) is 2.95. The second kappa shape index (κ2) is 3.91. The molecule has 0 aromatic carbocycles. The molecule has 1 heterocycles. The molecule has 14 heavy (non-hydrogen) atoms. The summed E-state index contributed by atoms with van der Waals surface area (Å²) >= 11 is 5.48. The number of nitrogens with two attached hydrogens (primary N) is 1. The van der Waals surface area contributed by atoms with Gasteiger partial charge in [-0.15, -0.1) is 0 Å². The number of nitrogen functional groups attached to an aromatic ring is 1. The molecule has 0 spiro atoms. The Balaban J connectivity index is 2.72. The van der Waals surface area contributed by atoms with Gasteiger partial charge in [0.25, 0.3) is 0 Å². The van der Waals surface area contributed by atoms with Crippen molar-refractivity contribution in [2.45, 2.75) is 6.18 Å². The topological polar surface area (TPSA) is 50.9 Å². The Labute approximate surface area is 83.1 Å². The molecule has 7 heteroatoms. The number of hydrogen-bond donors (Lipinski definition) is 2. The van der Waals surface area contributed by atoms with Gasteiger partial charge in [0.2, 0.25) is 0 Å². The number of pyridine rings is 1. The van der Waals surface area contributed by atoms with E-state index in [9.17, 15) is 13.2 Å². The fourth-order valence-corrected chi connectivity index (χ4v) is 0.947. The van der Waals surface area contributed by atoms with E-state index in [0.29, 0.717) is 0 Å². The van der Waals surface area contributed by atoms with E-state index < -0.39 is 12.7 Å². The molecule has 0 atom stereocenters. The van der Waals surface area contributed by atoms with Crippen LogP contribution >= 0.6 is 11.6 Å². The van der Waals surface area contributed by atoms with Crippen LogP contribution in [0.3, 0.4) is 0 Å². The van der Waals surface area contributed by atoms with Gasteiger partial charge >= 0.3 is 6.18 Å². The van der Waals surface area contributed by atoms with Gasteiger partial charge in [-0.3, -0.25) is 0 Å². The lowest BCUT2D eigenvalue weighted by Gasteiger charge is -2.11. The van der Waals surface area contributed by atoms with Crippen LogP contribution in [-0.4, -0.2) is 17.7 Å². The number of halogens is 4. The van der Waals surface area contributed by atoms with Crippen LogP contribution in [-0.2, 0) is 0 Å². The Morgan fingerprint density at radius 2 is 2.14 bits per heavy atom. The van der Waals surface area contributed by atoms with Gasteiger partial charge in [-0.25, -0.2) is 4.98 Å². The SMILES string of the molecule is Nc1cnc(Cl)cc1NCC(F)(F)F. The molecule has 0 aliphatic heterocycles. The van der Waals surface area contributed by atoms with Crippen LogP contribution in [0, 0.1) is 0 Å². The van der Waals surface area contributed by atoms with Crippen molar-refractivity contribution in [2.24, 2.45) is 0 Å². The van der Waals surface area contributed by atoms with Gasteiger partial charge in [0.1, 0.15) is 11.7 Å². The molecule has 0 aliphatic carbocycles. The summed E-state index contributed by atoms with van der Waals surface area (Å²) in [5.74, 6) is 0. The van der Waals surface area contributed by atoms with E-state index in [1.807, 2.05) is 0 Å². The van der Waals surface area contributed by atoms with E-state index in [1.54, 1.807) is 0 Å². The first-order valence-electron chi connectivity index (χ1n) is 3.60. The fraction of sp³-hybridized carbons (Fsp3) is 0.286. The molecule has 1 rings (SSSR count). The smallest absolute Gasteiger partial charge is 0.396 e. The monoisotopic (exact) mass is 225 g/mol. The van der Waals surface area contributed by atoms with E-state index in [2.05, 4.69) is 10.3 Å². The number of hydrogen-bond acceptors (Lipinski definition) is 3.